The second-order valence-corrected chi connectivity index (χ2v) is 6.30. The zero-order valence-electron chi connectivity index (χ0n) is 12.0. The lowest BCUT2D eigenvalue weighted by molar-refractivity contribution is -0.144. The van der Waals surface area contributed by atoms with Crippen molar-refractivity contribution in [1.29, 1.82) is 0 Å². The van der Waals surface area contributed by atoms with Crippen LogP contribution in [0.4, 0.5) is 10.5 Å². The predicted octanol–water partition coefficient (Wildman–Crippen LogP) is 2.05. The number of carboxylic acids is 1. The van der Waals surface area contributed by atoms with Crippen LogP contribution in [0.5, 0.6) is 0 Å². The maximum atomic E-state index is 12.0. The minimum atomic E-state index is -1.17. The lowest BCUT2D eigenvalue weighted by atomic mass is 10.2. The molecule has 1 aliphatic heterocycles. The van der Waals surface area contributed by atoms with Gasteiger partial charge in [0, 0.05) is 11.7 Å². The number of aromatic nitrogens is 1. The Bertz CT molecular complexity index is 822. The second-order valence-electron chi connectivity index (χ2n) is 5.30. The smallest absolute Gasteiger partial charge is 0.415 e. The molecule has 116 valence electrons. The van der Waals surface area contributed by atoms with Crippen molar-refractivity contribution in [2.45, 2.75) is 26.0 Å². The number of rotatable bonds is 3. The zero-order valence-corrected chi connectivity index (χ0v) is 12.8. The number of hydrogen-bond donors (Lipinski definition) is 1. The minimum absolute atomic E-state index is 0.0419. The van der Waals surface area contributed by atoms with Crippen molar-refractivity contribution in [1.82, 2.24) is 4.57 Å². The van der Waals surface area contributed by atoms with E-state index in [1.165, 1.54) is 4.90 Å². The van der Waals surface area contributed by atoms with Gasteiger partial charge >= 0.3 is 16.9 Å². The van der Waals surface area contributed by atoms with Gasteiger partial charge in [-0.15, -0.1) is 0 Å². The molecule has 1 aromatic carbocycles. The van der Waals surface area contributed by atoms with E-state index in [1.54, 1.807) is 22.8 Å². The molecule has 0 aliphatic carbocycles. The number of anilines is 1. The Kier molecular flexibility index (Phi) is 3.40. The van der Waals surface area contributed by atoms with Gasteiger partial charge in [0.2, 0.25) is 6.10 Å². The molecule has 1 atom stereocenters. The van der Waals surface area contributed by atoms with Crippen LogP contribution in [0.2, 0.25) is 0 Å². The van der Waals surface area contributed by atoms with Crippen LogP contribution < -0.4 is 9.77 Å². The molecule has 0 saturated carbocycles. The molecule has 22 heavy (non-hydrogen) atoms. The van der Waals surface area contributed by atoms with Crippen LogP contribution >= 0.6 is 11.3 Å². The van der Waals surface area contributed by atoms with E-state index >= 15 is 0 Å². The van der Waals surface area contributed by atoms with Crippen molar-refractivity contribution in [2.75, 3.05) is 11.4 Å². The van der Waals surface area contributed by atoms with Crippen LogP contribution in [-0.4, -0.2) is 34.4 Å². The molecular formula is C14H14N2O5S. The predicted molar refractivity (Wildman–Crippen MR) is 81.7 cm³/mol. The van der Waals surface area contributed by atoms with Crippen molar-refractivity contribution in [3.63, 3.8) is 0 Å². The number of hydrogen-bond acceptors (Lipinski definition) is 5. The Hall–Kier alpha value is -2.35. The Balaban J connectivity index is 2.02. The second kappa shape index (κ2) is 5.13. The molecule has 1 saturated heterocycles. The third kappa shape index (κ3) is 2.25. The number of cyclic esters (lactones) is 1. The number of carbonyl (C=O) groups excluding carboxylic acids is 1. The van der Waals surface area contributed by atoms with Gasteiger partial charge in [0.05, 0.1) is 16.8 Å². The normalized spacial score (nSPS) is 18.2. The van der Waals surface area contributed by atoms with Crippen molar-refractivity contribution in [3.8, 4) is 0 Å². The number of aliphatic carboxylic acids is 1. The molecule has 8 heteroatoms. The van der Waals surface area contributed by atoms with E-state index in [-0.39, 0.29) is 17.5 Å². The van der Waals surface area contributed by atoms with E-state index in [1.807, 2.05) is 13.8 Å². The Morgan fingerprint density at radius 3 is 2.73 bits per heavy atom. The summed E-state index contributed by atoms with van der Waals surface area (Å²) < 4.78 is 7.23. The quantitative estimate of drug-likeness (QED) is 0.934. The molecule has 2 heterocycles. The summed E-state index contributed by atoms with van der Waals surface area (Å²) in [5.41, 5.74) is 1.33. The van der Waals surface area contributed by atoms with E-state index in [4.69, 9.17) is 9.84 Å². The van der Waals surface area contributed by atoms with Gasteiger partial charge in [0.1, 0.15) is 0 Å². The summed E-state index contributed by atoms with van der Waals surface area (Å²) in [6.45, 7) is 3.81. The third-order valence-corrected chi connectivity index (χ3v) is 4.43. The van der Waals surface area contributed by atoms with Gasteiger partial charge in [-0.1, -0.05) is 11.3 Å². The summed E-state index contributed by atoms with van der Waals surface area (Å²) in [6, 6.07) is 5.22. The van der Waals surface area contributed by atoms with Crippen molar-refractivity contribution < 1.29 is 19.4 Å². The summed E-state index contributed by atoms with van der Waals surface area (Å²) in [5, 5.41) is 8.92. The van der Waals surface area contributed by atoms with E-state index in [2.05, 4.69) is 0 Å². The van der Waals surface area contributed by atoms with E-state index < -0.39 is 18.2 Å². The first kappa shape index (κ1) is 14.6. The fraction of sp³-hybridized carbons (Fsp3) is 0.357. The summed E-state index contributed by atoms with van der Waals surface area (Å²) >= 11 is 1.10. The number of benzene rings is 1. The van der Waals surface area contributed by atoms with Crippen LogP contribution in [0.25, 0.3) is 10.2 Å². The topological polar surface area (TPSA) is 88.8 Å². The van der Waals surface area contributed by atoms with Gasteiger partial charge in [-0.3, -0.25) is 14.3 Å². The first-order chi connectivity index (χ1) is 10.4. The van der Waals surface area contributed by atoms with Gasteiger partial charge < -0.3 is 9.84 Å². The molecule has 1 amide bonds. The number of nitrogens with zero attached hydrogens (tertiary/aromatic N) is 2. The molecule has 0 radical (unpaired) electrons. The zero-order chi connectivity index (χ0) is 16.0. The van der Waals surface area contributed by atoms with E-state index in [9.17, 15) is 14.4 Å². The highest BCUT2D eigenvalue weighted by Crippen LogP contribution is 2.28. The summed E-state index contributed by atoms with van der Waals surface area (Å²) in [5.74, 6) is -1.17. The summed E-state index contributed by atoms with van der Waals surface area (Å²) in [7, 11) is 0. The van der Waals surface area contributed by atoms with Gasteiger partial charge in [0.15, 0.2) is 0 Å². The Morgan fingerprint density at radius 2 is 2.14 bits per heavy atom. The first-order valence-electron chi connectivity index (χ1n) is 6.74. The van der Waals surface area contributed by atoms with Gasteiger partial charge in [-0.2, -0.15) is 0 Å². The molecule has 1 fully saturated rings. The van der Waals surface area contributed by atoms with Gasteiger partial charge in [-0.05, 0) is 32.0 Å². The molecule has 1 aliphatic rings. The van der Waals surface area contributed by atoms with E-state index in [0.717, 1.165) is 21.6 Å². The van der Waals surface area contributed by atoms with Gasteiger partial charge in [0.25, 0.3) is 0 Å². The lowest BCUT2D eigenvalue weighted by Gasteiger charge is -2.13. The first-order valence-corrected chi connectivity index (χ1v) is 7.56. The highest BCUT2D eigenvalue weighted by atomic mass is 32.1. The number of ether oxygens (including phenoxy) is 1. The number of carboxylic acid groups (broad SMARTS) is 1. The number of thiazole rings is 1. The van der Waals surface area contributed by atoms with Crippen molar-refractivity contribution >= 4 is 39.3 Å². The lowest BCUT2D eigenvalue weighted by Crippen LogP contribution is -2.27. The molecule has 1 N–H and O–H groups in total. The highest BCUT2D eigenvalue weighted by Gasteiger charge is 2.37. The largest absolute Gasteiger partial charge is 0.478 e. The molecule has 3 rings (SSSR count). The maximum Gasteiger partial charge on any atom is 0.415 e. The van der Waals surface area contributed by atoms with Crippen molar-refractivity contribution in [3.05, 3.63) is 27.9 Å². The highest BCUT2D eigenvalue weighted by molar-refractivity contribution is 7.16. The molecule has 1 aromatic heterocycles. The average Bonchev–Trinajstić information content (AvgIpc) is 2.97. The minimum Gasteiger partial charge on any atom is -0.478 e. The van der Waals surface area contributed by atoms with Crippen LogP contribution in [0.15, 0.2) is 23.0 Å². The average molecular weight is 322 g/mol. The Labute approximate surface area is 129 Å². The molecular weight excluding hydrogens is 308 g/mol. The monoisotopic (exact) mass is 322 g/mol. The van der Waals surface area contributed by atoms with Crippen LogP contribution in [-0.2, 0) is 9.53 Å². The molecule has 0 spiro atoms. The van der Waals surface area contributed by atoms with Gasteiger partial charge in [-0.25, -0.2) is 9.59 Å². The standard InChI is InChI=1S/C14H14N2O5S/c1-7(2)16-9-4-3-8(5-11(9)22-14(16)20)15-6-10(12(17)18)21-13(15)19/h3-5,7,10H,6H2,1-2H3,(H,17,18)/t10-/m1/s1. The Morgan fingerprint density at radius 1 is 1.41 bits per heavy atom. The SMILES string of the molecule is CC(C)n1c(=O)sc2cc(N3C[C@H](C(=O)O)OC3=O)ccc21. The maximum absolute atomic E-state index is 12.0. The third-order valence-electron chi connectivity index (χ3n) is 3.51. The molecule has 0 bridgehead atoms. The van der Waals surface area contributed by atoms with Crippen LogP contribution in [0, 0.1) is 0 Å². The molecule has 2 aromatic rings. The van der Waals surface area contributed by atoms with Crippen LogP contribution in [0.1, 0.15) is 19.9 Å². The van der Waals surface area contributed by atoms with Crippen molar-refractivity contribution in [2.24, 2.45) is 0 Å². The number of fused-ring (bicyclic) bond motifs is 1. The fourth-order valence-corrected chi connectivity index (χ4v) is 3.53. The fourth-order valence-electron chi connectivity index (χ4n) is 2.48. The van der Waals surface area contributed by atoms with E-state index in [0.29, 0.717) is 5.69 Å². The van der Waals surface area contributed by atoms with Crippen LogP contribution in [0.3, 0.4) is 0 Å². The number of carbonyl (C=O) groups is 2. The summed E-state index contributed by atoms with van der Waals surface area (Å²) in [6.07, 6.45) is -1.86. The number of amides is 1. The summed E-state index contributed by atoms with van der Waals surface area (Å²) in [4.78, 5) is 35.9. The molecule has 0 unspecified atom stereocenters. The molecule has 7 nitrogen and oxygen atoms in total.